The summed E-state index contributed by atoms with van der Waals surface area (Å²) in [6.07, 6.45) is 4.89. The molecular weight excluding hydrogens is 276 g/mol. The Morgan fingerprint density at radius 2 is 1.86 bits per heavy atom. The Balaban J connectivity index is 1.64. The van der Waals surface area contributed by atoms with Crippen molar-refractivity contribution in [2.24, 2.45) is 0 Å². The maximum atomic E-state index is 12.2. The van der Waals surface area contributed by atoms with Crippen LogP contribution < -0.4 is 10.6 Å². The molecule has 1 aliphatic rings. The molecule has 0 unspecified atom stereocenters. The summed E-state index contributed by atoms with van der Waals surface area (Å²) in [5.74, 6) is 0.494. The summed E-state index contributed by atoms with van der Waals surface area (Å²) >= 11 is 0. The highest BCUT2D eigenvalue weighted by Crippen LogP contribution is 2.21. The Hall–Kier alpha value is -2.43. The van der Waals surface area contributed by atoms with Crippen LogP contribution in [0.3, 0.4) is 0 Å². The third kappa shape index (κ3) is 3.42. The number of carbonyl (C=O) groups is 1. The van der Waals surface area contributed by atoms with E-state index in [-0.39, 0.29) is 5.91 Å². The summed E-state index contributed by atoms with van der Waals surface area (Å²) in [5, 5.41) is 14.3. The highest BCUT2D eigenvalue weighted by atomic mass is 16.1. The molecule has 0 saturated heterocycles. The maximum absolute atomic E-state index is 12.2. The Morgan fingerprint density at radius 1 is 1.09 bits per heavy atom. The van der Waals surface area contributed by atoms with Gasteiger partial charge in [0.2, 0.25) is 0 Å². The molecule has 5 nitrogen and oxygen atoms in total. The van der Waals surface area contributed by atoms with Crippen LogP contribution in [0.1, 0.15) is 41.7 Å². The minimum absolute atomic E-state index is 0.241. The smallest absolute Gasteiger partial charge is 0.276 e. The molecule has 0 bridgehead atoms. The fourth-order valence-corrected chi connectivity index (χ4v) is 2.71. The van der Waals surface area contributed by atoms with Gasteiger partial charge in [0.15, 0.2) is 5.69 Å². The fourth-order valence-electron chi connectivity index (χ4n) is 2.71. The van der Waals surface area contributed by atoms with Crippen molar-refractivity contribution >= 4 is 17.4 Å². The predicted octanol–water partition coefficient (Wildman–Crippen LogP) is 3.39. The van der Waals surface area contributed by atoms with Crippen molar-refractivity contribution in [3.05, 3.63) is 47.7 Å². The first-order valence-electron chi connectivity index (χ1n) is 7.69. The summed E-state index contributed by atoms with van der Waals surface area (Å²) in [6, 6.07) is 11.7. The number of nitrogens with zero attached hydrogens (tertiary/aromatic N) is 2. The van der Waals surface area contributed by atoms with Crippen LogP contribution in [0.25, 0.3) is 0 Å². The molecule has 1 fully saturated rings. The molecule has 1 saturated carbocycles. The molecule has 114 valence electrons. The second-order valence-electron chi connectivity index (χ2n) is 5.70. The minimum Gasteiger partial charge on any atom is -0.366 e. The van der Waals surface area contributed by atoms with E-state index < -0.39 is 0 Å². The van der Waals surface area contributed by atoms with Crippen molar-refractivity contribution in [1.29, 1.82) is 0 Å². The van der Waals surface area contributed by atoms with Gasteiger partial charge in [-0.15, -0.1) is 10.2 Å². The van der Waals surface area contributed by atoms with Gasteiger partial charge in [0, 0.05) is 11.7 Å². The van der Waals surface area contributed by atoms with Crippen LogP contribution in [-0.4, -0.2) is 22.1 Å². The number of aryl methyl sites for hydroxylation is 1. The largest absolute Gasteiger partial charge is 0.366 e. The molecule has 0 spiro atoms. The second kappa shape index (κ2) is 6.56. The van der Waals surface area contributed by atoms with Crippen LogP contribution in [0.5, 0.6) is 0 Å². The van der Waals surface area contributed by atoms with Gasteiger partial charge >= 0.3 is 0 Å². The lowest BCUT2D eigenvalue weighted by Crippen LogP contribution is -2.18. The van der Waals surface area contributed by atoms with E-state index in [1.807, 2.05) is 37.3 Å². The fraction of sp³-hybridized carbons (Fsp3) is 0.353. The average molecular weight is 296 g/mol. The van der Waals surface area contributed by atoms with Gasteiger partial charge in [0.1, 0.15) is 5.82 Å². The number of hydrogen-bond acceptors (Lipinski definition) is 4. The van der Waals surface area contributed by atoms with Crippen LogP contribution in [0.2, 0.25) is 0 Å². The lowest BCUT2D eigenvalue weighted by Gasteiger charge is -2.12. The van der Waals surface area contributed by atoms with E-state index in [2.05, 4.69) is 20.8 Å². The summed E-state index contributed by atoms with van der Waals surface area (Å²) in [5.41, 5.74) is 2.13. The molecule has 1 aromatic heterocycles. The zero-order chi connectivity index (χ0) is 15.4. The first kappa shape index (κ1) is 14.5. The van der Waals surface area contributed by atoms with Gasteiger partial charge in [0.25, 0.3) is 5.91 Å². The molecule has 1 aliphatic carbocycles. The number of hydrogen-bond donors (Lipinski definition) is 2. The number of anilines is 2. The Morgan fingerprint density at radius 3 is 2.55 bits per heavy atom. The average Bonchev–Trinajstić information content (AvgIpc) is 3.03. The second-order valence-corrected chi connectivity index (χ2v) is 5.70. The molecule has 3 rings (SSSR count). The van der Waals surface area contributed by atoms with Crippen molar-refractivity contribution in [2.45, 2.75) is 38.6 Å². The number of para-hydroxylation sites is 1. The Bertz CT molecular complexity index is 648. The lowest BCUT2D eigenvalue weighted by atomic mass is 10.2. The van der Waals surface area contributed by atoms with Gasteiger partial charge < -0.3 is 10.6 Å². The number of benzene rings is 1. The van der Waals surface area contributed by atoms with Crippen LogP contribution in [0.4, 0.5) is 11.5 Å². The predicted molar refractivity (Wildman–Crippen MR) is 87.0 cm³/mol. The van der Waals surface area contributed by atoms with Gasteiger partial charge in [0.05, 0.1) is 0 Å². The SMILES string of the molecule is Cc1ccccc1NC(=O)c1ccc(NC2CCCC2)nn1. The van der Waals surface area contributed by atoms with Crippen molar-refractivity contribution in [1.82, 2.24) is 10.2 Å². The van der Waals surface area contributed by atoms with Gasteiger partial charge in [-0.05, 0) is 43.5 Å². The lowest BCUT2D eigenvalue weighted by molar-refractivity contribution is 0.102. The number of rotatable bonds is 4. The van der Waals surface area contributed by atoms with E-state index in [0.29, 0.717) is 11.7 Å². The van der Waals surface area contributed by atoms with Crippen LogP contribution in [0, 0.1) is 6.92 Å². The third-order valence-corrected chi connectivity index (χ3v) is 4.00. The summed E-state index contributed by atoms with van der Waals surface area (Å²) in [4.78, 5) is 12.2. The molecule has 2 aromatic rings. The Labute approximate surface area is 130 Å². The van der Waals surface area contributed by atoms with Gasteiger partial charge in [-0.1, -0.05) is 31.0 Å². The molecule has 0 aliphatic heterocycles. The zero-order valence-corrected chi connectivity index (χ0v) is 12.7. The molecule has 22 heavy (non-hydrogen) atoms. The van der Waals surface area contributed by atoms with Crippen LogP contribution >= 0.6 is 0 Å². The molecule has 0 atom stereocenters. The standard InChI is InChI=1S/C17H20N4O/c1-12-6-2-5-9-14(12)19-17(22)15-10-11-16(21-20-15)18-13-7-3-4-8-13/h2,5-6,9-11,13H,3-4,7-8H2,1H3,(H,18,21)(H,19,22). The van der Waals surface area contributed by atoms with Crippen molar-refractivity contribution in [2.75, 3.05) is 10.6 Å². The molecular formula is C17H20N4O. The van der Waals surface area contributed by atoms with Crippen LogP contribution in [0.15, 0.2) is 36.4 Å². The molecule has 2 N–H and O–H groups in total. The number of aromatic nitrogens is 2. The summed E-state index contributed by atoms with van der Waals surface area (Å²) < 4.78 is 0. The minimum atomic E-state index is -0.241. The summed E-state index contributed by atoms with van der Waals surface area (Å²) in [6.45, 7) is 1.95. The van der Waals surface area contributed by atoms with Crippen molar-refractivity contribution in [3.63, 3.8) is 0 Å². The normalized spacial score (nSPS) is 14.8. The van der Waals surface area contributed by atoms with Crippen molar-refractivity contribution < 1.29 is 4.79 Å². The van der Waals surface area contributed by atoms with E-state index in [0.717, 1.165) is 17.1 Å². The highest BCUT2D eigenvalue weighted by molar-refractivity contribution is 6.03. The molecule has 1 amide bonds. The van der Waals surface area contributed by atoms with E-state index in [1.165, 1.54) is 25.7 Å². The first-order chi connectivity index (χ1) is 10.7. The number of carbonyl (C=O) groups excluding carboxylic acids is 1. The first-order valence-corrected chi connectivity index (χ1v) is 7.69. The van der Waals surface area contributed by atoms with Crippen LogP contribution in [-0.2, 0) is 0 Å². The van der Waals surface area contributed by atoms with E-state index in [9.17, 15) is 4.79 Å². The van der Waals surface area contributed by atoms with Gasteiger partial charge in [-0.3, -0.25) is 4.79 Å². The summed E-state index contributed by atoms with van der Waals surface area (Å²) in [7, 11) is 0. The topological polar surface area (TPSA) is 66.9 Å². The van der Waals surface area contributed by atoms with Crippen molar-refractivity contribution in [3.8, 4) is 0 Å². The number of amides is 1. The van der Waals surface area contributed by atoms with E-state index in [1.54, 1.807) is 6.07 Å². The van der Waals surface area contributed by atoms with Gasteiger partial charge in [-0.2, -0.15) is 0 Å². The van der Waals surface area contributed by atoms with E-state index >= 15 is 0 Å². The van der Waals surface area contributed by atoms with Gasteiger partial charge in [-0.25, -0.2) is 0 Å². The molecule has 5 heteroatoms. The quantitative estimate of drug-likeness (QED) is 0.907. The molecule has 1 heterocycles. The molecule has 0 radical (unpaired) electrons. The zero-order valence-electron chi connectivity index (χ0n) is 12.7. The monoisotopic (exact) mass is 296 g/mol. The maximum Gasteiger partial charge on any atom is 0.276 e. The number of nitrogens with one attached hydrogen (secondary N) is 2. The van der Waals surface area contributed by atoms with E-state index in [4.69, 9.17) is 0 Å². The third-order valence-electron chi connectivity index (χ3n) is 4.00. The highest BCUT2D eigenvalue weighted by Gasteiger charge is 2.15. The molecule has 1 aromatic carbocycles. The Kier molecular flexibility index (Phi) is 4.32.